The number of rotatable bonds is 41. The summed E-state index contributed by atoms with van der Waals surface area (Å²) in [6.45, 7) is 5.61. The molecule has 8 nitrogen and oxygen atoms in total. The first-order chi connectivity index (χ1) is 25.6. The zero-order chi connectivity index (χ0) is 39.1. The van der Waals surface area contributed by atoms with Gasteiger partial charge in [-0.2, -0.15) is 0 Å². The third kappa shape index (κ3) is 42.0. The van der Waals surface area contributed by atoms with Gasteiger partial charge in [-0.1, -0.05) is 167 Å². The lowest BCUT2D eigenvalue weighted by atomic mass is 10.0. The SMILES string of the molecule is CCCCC/C=C\C/C=C\CCCCCCCCCC(=O)O[C@H](COCCCCCCCCCCCCCCCC)COP(=O)(O)OCC[N+](C)(C)C. The largest absolute Gasteiger partial charge is 0.472 e. The molecule has 0 aromatic heterocycles. The van der Waals surface area contributed by atoms with Gasteiger partial charge in [-0.05, 0) is 44.9 Å². The minimum absolute atomic E-state index is 0.0888. The molecule has 0 aliphatic rings. The fourth-order valence-electron chi connectivity index (χ4n) is 6.05. The first kappa shape index (κ1) is 52.0. The second-order valence-electron chi connectivity index (χ2n) is 16.1. The van der Waals surface area contributed by atoms with Crippen LogP contribution in [0.15, 0.2) is 24.3 Å². The van der Waals surface area contributed by atoms with E-state index in [1.54, 1.807) is 0 Å². The van der Waals surface area contributed by atoms with Gasteiger partial charge in [0.05, 0.1) is 34.4 Å². The maximum Gasteiger partial charge on any atom is 0.472 e. The second-order valence-corrected chi connectivity index (χ2v) is 17.5. The van der Waals surface area contributed by atoms with E-state index < -0.39 is 13.9 Å². The maximum atomic E-state index is 12.7. The van der Waals surface area contributed by atoms with Gasteiger partial charge in [0.25, 0.3) is 0 Å². The van der Waals surface area contributed by atoms with Crippen LogP contribution >= 0.6 is 7.82 Å². The number of phosphoric ester groups is 1. The summed E-state index contributed by atoms with van der Waals surface area (Å²) in [5, 5.41) is 0. The minimum atomic E-state index is -4.27. The number of unbranched alkanes of at least 4 members (excludes halogenated alkanes) is 23. The molecule has 0 fully saturated rings. The van der Waals surface area contributed by atoms with E-state index in [0.29, 0.717) is 24.1 Å². The van der Waals surface area contributed by atoms with E-state index in [1.165, 1.54) is 128 Å². The smallest absolute Gasteiger partial charge is 0.457 e. The van der Waals surface area contributed by atoms with Gasteiger partial charge in [0.1, 0.15) is 19.3 Å². The van der Waals surface area contributed by atoms with E-state index in [9.17, 15) is 14.3 Å². The minimum Gasteiger partial charge on any atom is -0.457 e. The Morgan fingerprint density at radius 1 is 0.585 bits per heavy atom. The van der Waals surface area contributed by atoms with Gasteiger partial charge < -0.3 is 18.9 Å². The summed E-state index contributed by atoms with van der Waals surface area (Å²) in [7, 11) is 1.67. The summed E-state index contributed by atoms with van der Waals surface area (Å²) in [5.74, 6) is -0.319. The number of quaternary nitrogens is 1. The molecule has 0 aromatic carbocycles. The number of nitrogens with zero attached hydrogens (tertiary/aromatic N) is 1. The van der Waals surface area contributed by atoms with E-state index in [4.69, 9.17) is 18.5 Å². The standard InChI is InChI=1S/C44H86NO7P/c1-6-8-10-12-14-16-18-20-22-23-24-25-27-29-31-33-35-37-44(46)52-43(42-51-53(47,48)50-40-38-45(3,4)5)41-49-39-36-34-32-30-28-26-21-19-17-15-13-11-9-7-2/h14,16,20,22,43H,6-13,15,17-19,21,23-42H2,1-5H3/p+1/b16-14-,22-20-/t43-/m1/s1. The van der Waals surface area contributed by atoms with Crippen molar-refractivity contribution in [1.29, 1.82) is 0 Å². The zero-order valence-electron chi connectivity index (χ0n) is 35.5. The van der Waals surface area contributed by atoms with Crippen molar-refractivity contribution in [2.45, 2.75) is 200 Å². The molecule has 1 N–H and O–H groups in total. The average Bonchev–Trinajstić information content (AvgIpc) is 3.11. The van der Waals surface area contributed by atoms with Crippen molar-refractivity contribution in [3.05, 3.63) is 24.3 Å². The fraction of sp³-hybridized carbons (Fsp3) is 0.886. The molecule has 0 saturated heterocycles. The molecule has 0 heterocycles. The molecule has 0 aromatic rings. The monoisotopic (exact) mass is 773 g/mol. The molecule has 0 bridgehead atoms. The number of hydrogen-bond acceptors (Lipinski definition) is 6. The highest BCUT2D eigenvalue weighted by Gasteiger charge is 2.26. The highest BCUT2D eigenvalue weighted by atomic mass is 31.2. The van der Waals surface area contributed by atoms with Gasteiger partial charge >= 0.3 is 13.8 Å². The number of likely N-dealkylation sites (N-methyl/N-ethyl adjacent to an activating group) is 1. The van der Waals surface area contributed by atoms with Gasteiger partial charge in [-0.15, -0.1) is 0 Å². The van der Waals surface area contributed by atoms with Crippen LogP contribution in [-0.4, -0.2) is 75.6 Å². The first-order valence-corrected chi connectivity index (χ1v) is 23.6. The molecular weight excluding hydrogens is 685 g/mol. The Morgan fingerprint density at radius 2 is 1.04 bits per heavy atom. The summed E-state index contributed by atoms with van der Waals surface area (Å²) in [6, 6.07) is 0. The third-order valence-electron chi connectivity index (χ3n) is 9.52. The van der Waals surface area contributed by atoms with Crippen LogP contribution in [-0.2, 0) is 27.9 Å². The van der Waals surface area contributed by atoms with Crippen LogP contribution in [0.25, 0.3) is 0 Å². The van der Waals surface area contributed by atoms with E-state index in [0.717, 1.165) is 44.9 Å². The van der Waals surface area contributed by atoms with E-state index in [2.05, 4.69) is 38.2 Å². The van der Waals surface area contributed by atoms with Crippen LogP contribution < -0.4 is 0 Å². The van der Waals surface area contributed by atoms with Crippen molar-refractivity contribution in [2.75, 3.05) is 54.1 Å². The number of carbonyl (C=O) groups is 1. The highest BCUT2D eigenvalue weighted by Crippen LogP contribution is 2.43. The summed E-state index contributed by atoms with van der Waals surface area (Å²) in [5.41, 5.74) is 0. The van der Waals surface area contributed by atoms with Crippen LogP contribution in [0.5, 0.6) is 0 Å². The van der Waals surface area contributed by atoms with E-state index >= 15 is 0 Å². The molecule has 0 amide bonds. The quantitative estimate of drug-likeness (QED) is 0.0217. The first-order valence-electron chi connectivity index (χ1n) is 22.1. The molecule has 0 aliphatic carbocycles. The molecular formula is C44H87NO7P+. The van der Waals surface area contributed by atoms with Gasteiger partial charge in [0, 0.05) is 13.0 Å². The molecule has 9 heteroatoms. The Hall–Kier alpha value is -1.02. The number of carbonyl (C=O) groups excluding carboxylic acids is 1. The van der Waals surface area contributed by atoms with Gasteiger partial charge in [-0.3, -0.25) is 13.8 Å². The van der Waals surface area contributed by atoms with Gasteiger partial charge in [0.2, 0.25) is 0 Å². The lowest BCUT2D eigenvalue weighted by molar-refractivity contribution is -0.870. The fourth-order valence-corrected chi connectivity index (χ4v) is 6.79. The Morgan fingerprint density at radius 3 is 1.57 bits per heavy atom. The van der Waals surface area contributed by atoms with Crippen molar-refractivity contribution < 1.29 is 37.3 Å². The predicted octanol–water partition coefficient (Wildman–Crippen LogP) is 12.8. The molecule has 0 rings (SSSR count). The second kappa shape index (κ2) is 37.9. The zero-order valence-corrected chi connectivity index (χ0v) is 36.4. The Kier molecular flexibility index (Phi) is 37.2. The third-order valence-corrected chi connectivity index (χ3v) is 10.5. The molecule has 2 atom stereocenters. The Balaban J connectivity index is 4.23. The van der Waals surface area contributed by atoms with Crippen LogP contribution in [0.1, 0.15) is 194 Å². The summed E-state index contributed by atoms with van der Waals surface area (Å²) in [4.78, 5) is 22.9. The number of phosphoric acid groups is 1. The summed E-state index contributed by atoms with van der Waals surface area (Å²) >= 11 is 0. The highest BCUT2D eigenvalue weighted by molar-refractivity contribution is 7.47. The van der Waals surface area contributed by atoms with Crippen molar-refractivity contribution in [2.24, 2.45) is 0 Å². The van der Waals surface area contributed by atoms with Gasteiger partial charge in [-0.25, -0.2) is 4.57 Å². The Labute approximate surface area is 328 Å². The van der Waals surface area contributed by atoms with Crippen LogP contribution in [0.3, 0.4) is 0 Å². The lowest BCUT2D eigenvalue weighted by Crippen LogP contribution is -2.37. The van der Waals surface area contributed by atoms with E-state index in [-0.39, 0.29) is 25.8 Å². The number of allylic oxidation sites excluding steroid dienone is 4. The van der Waals surface area contributed by atoms with Crippen LogP contribution in [0.2, 0.25) is 0 Å². The maximum absolute atomic E-state index is 12.7. The van der Waals surface area contributed by atoms with Gasteiger partial charge in [0.15, 0.2) is 0 Å². The van der Waals surface area contributed by atoms with Crippen molar-refractivity contribution >= 4 is 13.8 Å². The molecule has 53 heavy (non-hydrogen) atoms. The van der Waals surface area contributed by atoms with Crippen molar-refractivity contribution in [1.82, 2.24) is 0 Å². The molecule has 0 saturated carbocycles. The summed E-state index contributed by atoms with van der Waals surface area (Å²) < 4.78 is 35.0. The summed E-state index contributed by atoms with van der Waals surface area (Å²) in [6.07, 6.45) is 42.0. The lowest BCUT2D eigenvalue weighted by Gasteiger charge is -2.24. The number of ether oxygens (including phenoxy) is 2. The Bertz CT molecular complexity index is 905. The normalized spacial score (nSPS) is 14.0. The molecule has 314 valence electrons. The predicted molar refractivity (Wildman–Crippen MR) is 224 cm³/mol. The average molecular weight is 773 g/mol. The molecule has 1 unspecified atom stereocenters. The number of esters is 1. The topological polar surface area (TPSA) is 91.3 Å². The van der Waals surface area contributed by atoms with Crippen LogP contribution in [0.4, 0.5) is 0 Å². The molecule has 0 aliphatic heterocycles. The number of hydrogen-bond donors (Lipinski definition) is 1. The van der Waals surface area contributed by atoms with Crippen molar-refractivity contribution in [3.63, 3.8) is 0 Å². The molecule has 0 spiro atoms. The van der Waals surface area contributed by atoms with E-state index in [1.807, 2.05) is 21.1 Å². The van der Waals surface area contributed by atoms with Crippen LogP contribution in [0, 0.1) is 0 Å². The van der Waals surface area contributed by atoms with Crippen molar-refractivity contribution in [3.8, 4) is 0 Å². The molecule has 0 radical (unpaired) electrons.